The zero-order chi connectivity index (χ0) is 15.2. The summed E-state index contributed by atoms with van der Waals surface area (Å²) in [6, 6.07) is 1.82. The number of nitrogens with zero attached hydrogens (tertiary/aromatic N) is 1. The van der Waals surface area contributed by atoms with Crippen LogP contribution < -0.4 is 10.6 Å². The lowest BCUT2D eigenvalue weighted by Crippen LogP contribution is -2.30. The van der Waals surface area contributed by atoms with Crippen molar-refractivity contribution in [1.29, 1.82) is 0 Å². The maximum absolute atomic E-state index is 12.1. The molecule has 2 aliphatic rings. The highest BCUT2D eigenvalue weighted by atomic mass is 16.5. The van der Waals surface area contributed by atoms with E-state index in [0.717, 1.165) is 31.8 Å². The highest BCUT2D eigenvalue weighted by Crippen LogP contribution is 2.23. The Morgan fingerprint density at radius 3 is 2.73 bits per heavy atom. The lowest BCUT2D eigenvalue weighted by molar-refractivity contribution is 0.0934. The van der Waals surface area contributed by atoms with Gasteiger partial charge in [-0.15, -0.1) is 0 Å². The molecule has 0 bridgehead atoms. The van der Waals surface area contributed by atoms with Crippen molar-refractivity contribution in [1.82, 2.24) is 15.8 Å². The van der Waals surface area contributed by atoms with Gasteiger partial charge in [-0.3, -0.25) is 4.79 Å². The number of carbonyl (C=O) groups is 1. The van der Waals surface area contributed by atoms with Gasteiger partial charge in [-0.1, -0.05) is 24.4 Å². The predicted octanol–water partition coefficient (Wildman–Crippen LogP) is 2.53. The van der Waals surface area contributed by atoms with Crippen molar-refractivity contribution >= 4 is 5.91 Å². The summed E-state index contributed by atoms with van der Waals surface area (Å²) in [4.78, 5) is 12.1. The number of nitrogens with one attached hydrogen (secondary N) is 2. The summed E-state index contributed by atoms with van der Waals surface area (Å²) in [7, 11) is 0. The SMILES string of the molecule is O=C(NCC1CCCCC1)c1cc(CC2CCNCC2)on1. The summed E-state index contributed by atoms with van der Waals surface area (Å²) in [5.74, 6) is 2.03. The van der Waals surface area contributed by atoms with E-state index in [4.69, 9.17) is 4.52 Å². The molecule has 1 aliphatic carbocycles. The Labute approximate surface area is 132 Å². The third-order valence-electron chi connectivity index (χ3n) is 5.02. The molecule has 2 heterocycles. The molecule has 1 amide bonds. The highest BCUT2D eigenvalue weighted by molar-refractivity contribution is 5.92. The Balaban J connectivity index is 1.46. The van der Waals surface area contributed by atoms with Crippen molar-refractivity contribution in [2.24, 2.45) is 11.8 Å². The molecule has 1 aliphatic heterocycles. The van der Waals surface area contributed by atoms with E-state index in [1.54, 1.807) is 0 Å². The van der Waals surface area contributed by atoms with Crippen LogP contribution in [0.25, 0.3) is 0 Å². The van der Waals surface area contributed by atoms with Gasteiger partial charge in [0.1, 0.15) is 5.76 Å². The molecular formula is C17H27N3O2. The Kier molecular flexibility index (Phi) is 5.48. The topological polar surface area (TPSA) is 67.2 Å². The van der Waals surface area contributed by atoms with Gasteiger partial charge in [-0.2, -0.15) is 0 Å². The van der Waals surface area contributed by atoms with Crippen LogP contribution in [0.15, 0.2) is 10.6 Å². The standard InChI is InChI=1S/C17H27N3O2/c21-17(19-12-14-4-2-1-3-5-14)16-11-15(22-20-16)10-13-6-8-18-9-7-13/h11,13-14,18H,1-10,12H2,(H,19,21). The zero-order valence-corrected chi connectivity index (χ0v) is 13.3. The molecule has 5 nitrogen and oxygen atoms in total. The van der Waals surface area contributed by atoms with E-state index in [0.29, 0.717) is 17.5 Å². The van der Waals surface area contributed by atoms with Gasteiger partial charge >= 0.3 is 0 Å². The average Bonchev–Trinajstić information content (AvgIpc) is 3.03. The molecule has 0 atom stereocenters. The van der Waals surface area contributed by atoms with Crippen molar-refractivity contribution < 1.29 is 9.32 Å². The first kappa shape index (κ1) is 15.5. The number of hydrogen-bond acceptors (Lipinski definition) is 4. The number of carbonyl (C=O) groups excluding carboxylic acids is 1. The normalized spacial score (nSPS) is 20.9. The molecule has 122 valence electrons. The Morgan fingerprint density at radius 1 is 1.18 bits per heavy atom. The minimum atomic E-state index is -0.0918. The molecule has 5 heteroatoms. The number of rotatable bonds is 5. The van der Waals surface area contributed by atoms with Gasteiger partial charge in [0.2, 0.25) is 0 Å². The number of amides is 1. The number of piperidine rings is 1. The van der Waals surface area contributed by atoms with Crippen LogP contribution >= 0.6 is 0 Å². The van der Waals surface area contributed by atoms with Crippen LogP contribution in [-0.2, 0) is 6.42 Å². The maximum Gasteiger partial charge on any atom is 0.273 e. The Morgan fingerprint density at radius 2 is 1.95 bits per heavy atom. The van der Waals surface area contributed by atoms with Crippen LogP contribution in [0.5, 0.6) is 0 Å². The van der Waals surface area contributed by atoms with E-state index in [2.05, 4.69) is 15.8 Å². The fourth-order valence-corrected chi connectivity index (χ4v) is 3.61. The van der Waals surface area contributed by atoms with Gasteiger partial charge in [0, 0.05) is 19.0 Å². The largest absolute Gasteiger partial charge is 0.361 e. The van der Waals surface area contributed by atoms with Gasteiger partial charge in [-0.05, 0) is 50.6 Å². The highest BCUT2D eigenvalue weighted by Gasteiger charge is 2.19. The lowest BCUT2D eigenvalue weighted by atomic mass is 9.89. The van der Waals surface area contributed by atoms with Gasteiger partial charge in [0.15, 0.2) is 5.69 Å². The predicted molar refractivity (Wildman–Crippen MR) is 84.7 cm³/mol. The molecule has 3 rings (SSSR count). The van der Waals surface area contributed by atoms with Gasteiger partial charge in [0.25, 0.3) is 5.91 Å². The van der Waals surface area contributed by atoms with Crippen LogP contribution in [0.1, 0.15) is 61.2 Å². The van der Waals surface area contributed by atoms with Gasteiger partial charge < -0.3 is 15.2 Å². The lowest BCUT2D eigenvalue weighted by Gasteiger charge is -2.21. The molecule has 2 N–H and O–H groups in total. The first-order valence-electron chi connectivity index (χ1n) is 8.76. The second kappa shape index (κ2) is 7.77. The third-order valence-corrected chi connectivity index (χ3v) is 5.02. The minimum Gasteiger partial charge on any atom is -0.361 e. The molecule has 1 saturated carbocycles. The molecule has 0 aromatic carbocycles. The minimum absolute atomic E-state index is 0.0918. The van der Waals surface area contributed by atoms with Crippen molar-refractivity contribution in [3.8, 4) is 0 Å². The summed E-state index contributed by atoms with van der Waals surface area (Å²) in [6.45, 7) is 2.93. The Bertz CT molecular complexity index is 474. The third kappa shape index (κ3) is 4.32. The molecule has 1 saturated heterocycles. The van der Waals surface area contributed by atoms with Crippen LogP contribution in [0, 0.1) is 11.8 Å². The quantitative estimate of drug-likeness (QED) is 0.877. The summed E-state index contributed by atoms with van der Waals surface area (Å²) in [6.07, 6.45) is 9.64. The van der Waals surface area contributed by atoms with Gasteiger partial charge in [0.05, 0.1) is 0 Å². The number of hydrogen-bond donors (Lipinski definition) is 2. The van der Waals surface area contributed by atoms with E-state index >= 15 is 0 Å². The van der Waals surface area contributed by atoms with E-state index in [-0.39, 0.29) is 5.91 Å². The smallest absolute Gasteiger partial charge is 0.273 e. The average molecular weight is 305 g/mol. The van der Waals surface area contributed by atoms with Crippen LogP contribution in [0.3, 0.4) is 0 Å². The van der Waals surface area contributed by atoms with E-state index < -0.39 is 0 Å². The van der Waals surface area contributed by atoms with E-state index in [1.165, 1.54) is 44.9 Å². The van der Waals surface area contributed by atoms with Gasteiger partial charge in [-0.25, -0.2) is 0 Å². The van der Waals surface area contributed by atoms with Crippen LogP contribution in [0.2, 0.25) is 0 Å². The summed E-state index contributed by atoms with van der Waals surface area (Å²) in [5, 5.41) is 10.3. The summed E-state index contributed by atoms with van der Waals surface area (Å²) < 4.78 is 5.35. The van der Waals surface area contributed by atoms with Crippen molar-refractivity contribution in [2.45, 2.75) is 51.4 Å². The first-order valence-corrected chi connectivity index (χ1v) is 8.76. The number of aromatic nitrogens is 1. The van der Waals surface area contributed by atoms with E-state index in [1.807, 2.05) is 6.07 Å². The van der Waals surface area contributed by atoms with Crippen LogP contribution in [0.4, 0.5) is 0 Å². The van der Waals surface area contributed by atoms with E-state index in [9.17, 15) is 4.79 Å². The van der Waals surface area contributed by atoms with Crippen molar-refractivity contribution in [2.75, 3.05) is 19.6 Å². The second-order valence-corrected chi connectivity index (χ2v) is 6.79. The molecule has 2 fully saturated rings. The molecule has 22 heavy (non-hydrogen) atoms. The maximum atomic E-state index is 12.1. The molecule has 1 aromatic rings. The summed E-state index contributed by atoms with van der Waals surface area (Å²) in [5.41, 5.74) is 0.430. The monoisotopic (exact) mass is 305 g/mol. The summed E-state index contributed by atoms with van der Waals surface area (Å²) >= 11 is 0. The zero-order valence-electron chi connectivity index (χ0n) is 13.3. The van der Waals surface area contributed by atoms with Crippen LogP contribution in [-0.4, -0.2) is 30.7 Å². The fraction of sp³-hybridized carbons (Fsp3) is 0.765. The van der Waals surface area contributed by atoms with Crippen molar-refractivity contribution in [3.63, 3.8) is 0 Å². The fourth-order valence-electron chi connectivity index (χ4n) is 3.61. The first-order chi connectivity index (χ1) is 10.8. The molecule has 0 spiro atoms. The molecule has 1 aromatic heterocycles. The second-order valence-electron chi connectivity index (χ2n) is 6.79. The van der Waals surface area contributed by atoms with Crippen molar-refractivity contribution in [3.05, 3.63) is 17.5 Å². The molecule has 0 radical (unpaired) electrons. The Hall–Kier alpha value is -1.36. The molecular weight excluding hydrogens is 278 g/mol. The molecule has 0 unspecified atom stereocenters.